The molecule has 0 bridgehead atoms. The summed E-state index contributed by atoms with van der Waals surface area (Å²) in [4.78, 5) is 0. The summed E-state index contributed by atoms with van der Waals surface area (Å²) in [5.74, 6) is -0.0510. The van der Waals surface area contributed by atoms with Crippen LogP contribution in [0, 0.1) is 5.82 Å². The molecular weight excluding hydrogens is 274 g/mol. The number of rotatable bonds is 0. The first-order valence-electron chi connectivity index (χ1n) is 8.27. The van der Waals surface area contributed by atoms with Gasteiger partial charge >= 0.3 is 0 Å². The van der Waals surface area contributed by atoms with Crippen molar-refractivity contribution in [3.05, 3.63) is 11.9 Å². The van der Waals surface area contributed by atoms with Crippen LogP contribution in [0.1, 0.15) is 0 Å². The van der Waals surface area contributed by atoms with Crippen molar-refractivity contribution < 1.29 is 4.39 Å². The molecule has 3 rings (SSSR count). The third-order valence-electron chi connectivity index (χ3n) is 6.20. The van der Waals surface area contributed by atoms with Gasteiger partial charge < -0.3 is 0 Å². The molecule has 3 aromatic carbocycles. The molecule has 0 nitrogen and oxygen atoms in total. The van der Waals surface area contributed by atoms with E-state index in [-0.39, 0.29) is 5.82 Å². The molecule has 0 aliphatic carbocycles. The van der Waals surface area contributed by atoms with E-state index in [9.17, 15) is 0 Å². The van der Waals surface area contributed by atoms with E-state index in [4.69, 9.17) is 0 Å². The molecule has 0 aliphatic rings. The van der Waals surface area contributed by atoms with Crippen LogP contribution < -0.4 is 43.7 Å². The van der Waals surface area contributed by atoms with Gasteiger partial charge in [0.1, 0.15) is 68.6 Å². The van der Waals surface area contributed by atoms with Crippen LogP contribution in [0.4, 0.5) is 4.39 Å². The molecule has 0 heterocycles. The van der Waals surface area contributed by atoms with Crippen molar-refractivity contribution in [3.8, 4) is 0 Å². The Balaban J connectivity index is 2.73. The maximum Gasteiger partial charge on any atom is 0.139 e. The minimum Gasteiger partial charge on any atom is -0.206 e. The van der Waals surface area contributed by atoms with E-state index in [1.165, 1.54) is 32.8 Å². The van der Waals surface area contributed by atoms with Gasteiger partial charge in [-0.05, 0) is 16.8 Å². The zero-order valence-corrected chi connectivity index (χ0v) is 15.5. The standard InChI is InChI=1S/C14H17B8F/c15-6-2-1-3-5(9(18)13(22)11(20)7(3)16)14(23)4(2)8(17)12(21)10(6)19/h1H,15-22H2. The Morgan fingerprint density at radius 3 is 1.13 bits per heavy atom. The van der Waals surface area contributed by atoms with Crippen LogP contribution in [0.2, 0.25) is 0 Å². The van der Waals surface area contributed by atoms with Gasteiger partial charge in [-0.1, -0.05) is 21.9 Å². The lowest BCUT2D eigenvalue weighted by Gasteiger charge is -2.21. The zero-order chi connectivity index (χ0) is 17.2. The predicted molar refractivity (Wildman–Crippen MR) is 127 cm³/mol. The quantitative estimate of drug-likeness (QED) is 0.285. The smallest absolute Gasteiger partial charge is 0.139 e. The first kappa shape index (κ1) is 16.5. The Bertz CT molecular complexity index is 934. The molecule has 0 aromatic heterocycles. The summed E-state index contributed by atoms with van der Waals surface area (Å²) in [5, 5.41) is 3.70. The van der Waals surface area contributed by atoms with Crippen LogP contribution in [0.3, 0.4) is 0 Å². The molecule has 0 radical (unpaired) electrons. The van der Waals surface area contributed by atoms with Gasteiger partial charge in [-0.2, -0.15) is 0 Å². The van der Waals surface area contributed by atoms with Crippen molar-refractivity contribution in [2.75, 3.05) is 0 Å². The van der Waals surface area contributed by atoms with E-state index in [2.05, 4.69) is 53.1 Å². The fourth-order valence-electron chi connectivity index (χ4n) is 3.88. The van der Waals surface area contributed by atoms with Gasteiger partial charge in [0.15, 0.2) is 0 Å². The molecule has 0 saturated heterocycles. The Morgan fingerprint density at radius 1 is 0.478 bits per heavy atom. The molecular formula is C14H17B8F. The number of benzene rings is 3. The summed E-state index contributed by atoms with van der Waals surface area (Å²) >= 11 is 0. The highest BCUT2D eigenvalue weighted by molar-refractivity contribution is 6.69. The second-order valence-electron chi connectivity index (χ2n) is 7.04. The van der Waals surface area contributed by atoms with Gasteiger partial charge in [-0.3, -0.25) is 0 Å². The Labute approximate surface area is 144 Å². The molecule has 0 N–H and O–H groups in total. The molecule has 0 saturated carbocycles. The van der Waals surface area contributed by atoms with Crippen LogP contribution in [-0.4, -0.2) is 62.8 Å². The van der Waals surface area contributed by atoms with E-state index in [0.717, 1.165) is 32.5 Å². The first-order chi connectivity index (χ1) is 10.7. The average Bonchev–Trinajstić information content (AvgIpc) is 2.53. The van der Waals surface area contributed by atoms with E-state index < -0.39 is 0 Å². The first-order valence-corrected chi connectivity index (χ1v) is 8.27. The third kappa shape index (κ3) is 2.08. The highest BCUT2D eigenvalue weighted by atomic mass is 19.1. The molecule has 0 fully saturated rings. The maximum absolute atomic E-state index is 15.6. The van der Waals surface area contributed by atoms with Crippen LogP contribution in [-0.2, 0) is 0 Å². The van der Waals surface area contributed by atoms with Gasteiger partial charge in [0, 0.05) is 10.8 Å². The highest BCUT2D eigenvalue weighted by Gasteiger charge is 2.18. The van der Waals surface area contributed by atoms with E-state index >= 15 is 4.39 Å². The third-order valence-corrected chi connectivity index (χ3v) is 6.20. The van der Waals surface area contributed by atoms with Gasteiger partial charge in [0.25, 0.3) is 0 Å². The maximum atomic E-state index is 15.6. The lowest BCUT2D eigenvalue weighted by atomic mass is 9.62. The number of fused-ring (bicyclic) bond motifs is 2. The summed E-state index contributed by atoms with van der Waals surface area (Å²) in [5.41, 5.74) is 9.46. The van der Waals surface area contributed by atoms with E-state index in [1.807, 2.05) is 15.7 Å². The second-order valence-corrected chi connectivity index (χ2v) is 7.04. The SMILES string of the molecule is Bc1c(B)c(B)c2c(F)c3c(B)c(B)c(B)c(B)c3cc2c1B. The fourth-order valence-corrected chi connectivity index (χ4v) is 3.88. The van der Waals surface area contributed by atoms with Crippen molar-refractivity contribution in [1.29, 1.82) is 0 Å². The highest BCUT2D eigenvalue weighted by Crippen LogP contribution is 2.21. The minimum absolute atomic E-state index is 0.0510. The van der Waals surface area contributed by atoms with E-state index in [1.54, 1.807) is 0 Å². The molecule has 104 valence electrons. The molecule has 0 atom stereocenters. The normalized spacial score (nSPS) is 11.3. The molecule has 0 unspecified atom stereocenters. The second kappa shape index (κ2) is 5.33. The predicted octanol–water partition coefficient (Wildman–Crippen LogP) is -9.80. The molecule has 3 aromatic rings. The summed E-state index contributed by atoms with van der Waals surface area (Å²) < 4.78 is 15.6. The lowest BCUT2D eigenvalue weighted by molar-refractivity contribution is 0.652. The number of hydrogen-bond donors (Lipinski definition) is 0. The Morgan fingerprint density at radius 2 is 0.783 bits per heavy atom. The Kier molecular flexibility index (Phi) is 3.82. The van der Waals surface area contributed by atoms with Gasteiger partial charge in [0.2, 0.25) is 0 Å². The van der Waals surface area contributed by atoms with E-state index in [0.29, 0.717) is 0 Å². The van der Waals surface area contributed by atoms with Crippen molar-refractivity contribution in [3.63, 3.8) is 0 Å². The topological polar surface area (TPSA) is 0 Å². The summed E-state index contributed by atoms with van der Waals surface area (Å²) in [6.07, 6.45) is 0. The largest absolute Gasteiger partial charge is 0.206 e. The molecule has 23 heavy (non-hydrogen) atoms. The monoisotopic (exact) mass is 292 g/mol. The van der Waals surface area contributed by atoms with Crippen LogP contribution in [0.5, 0.6) is 0 Å². The zero-order valence-electron chi connectivity index (χ0n) is 15.5. The van der Waals surface area contributed by atoms with Crippen molar-refractivity contribution in [1.82, 2.24) is 0 Å². The van der Waals surface area contributed by atoms with Crippen LogP contribution >= 0.6 is 0 Å². The number of halogens is 1. The fraction of sp³-hybridized carbons (Fsp3) is 0. The van der Waals surface area contributed by atoms with Crippen molar-refractivity contribution in [2.45, 2.75) is 0 Å². The molecule has 9 heteroatoms. The van der Waals surface area contributed by atoms with Crippen molar-refractivity contribution >= 4 is 128 Å². The average molecular weight is 291 g/mol. The minimum atomic E-state index is -0.0510. The van der Waals surface area contributed by atoms with Gasteiger partial charge in [-0.25, -0.2) is 4.39 Å². The lowest BCUT2D eigenvalue weighted by Crippen LogP contribution is -2.49. The molecule has 0 aliphatic heterocycles. The summed E-state index contributed by atoms with van der Waals surface area (Å²) in [6, 6.07) is 2.21. The number of hydrogen-bond acceptors (Lipinski definition) is 0. The Hall–Kier alpha value is -1.37. The van der Waals surface area contributed by atoms with Gasteiger partial charge in [0.05, 0.1) is 0 Å². The molecule has 0 spiro atoms. The van der Waals surface area contributed by atoms with Crippen LogP contribution in [0.15, 0.2) is 6.07 Å². The summed E-state index contributed by atoms with van der Waals surface area (Å²) in [7, 11) is 16.8. The molecule has 0 amide bonds. The summed E-state index contributed by atoms with van der Waals surface area (Å²) in [6.45, 7) is 0. The van der Waals surface area contributed by atoms with Crippen LogP contribution in [0.25, 0.3) is 21.5 Å². The van der Waals surface area contributed by atoms with Crippen molar-refractivity contribution in [2.24, 2.45) is 0 Å². The van der Waals surface area contributed by atoms with Gasteiger partial charge in [-0.15, -0.1) is 21.9 Å².